The topological polar surface area (TPSA) is 9.86 Å². The summed E-state index contributed by atoms with van der Waals surface area (Å²) >= 11 is 10.5. The predicted octanol–water partition coefficient (Wildman–Crippen LogP) is 8.47. The number of rotatable bonds is 4. The number of nitrogens with zero attached hydrogens (tertiary/aromatic N) is 2. The normalized spacial score (nSPS) is 15.1. The van der Waals surface area contributed by atoms with Gasteiger partial charge in [-0.3, -0.25) is 0 Å². The third-order valence-electron chi connectivity index (χ3n) is 7.36. The van der Waals surface area contributed by atoms with E-state index in [9.17, 15) is 13.2 Å². The molecule has 206 valence electrons. The molecule has 0 aliphatic heterocycles. The van der Waals surface area contributed by atoms with E-state index < -0.39 is 22.8 Å². The first-order valence-corrected chi connectivity index (χ1v) is 21.4. The van der Waals surface area contributed by atoms with Crippen molar-refractivity contribution in [3.05, 3.63) is 28.1 Å². The fourth-order valence-corrected chi connectivity index (χ4v) is 14.7. The van der Waals surface area contributed by atoms with E-state index >= 15 is 0 Å². The molecule has 10 heteroatoms. The zero-order valence-corrected chi connectivity index (χ0v) is 30.7. The van der Waals surface area contributed by atoms with Crippen LogP contribution in [-0.4, -0.2) is 75.5 Å². The Morgan fingerprint density at radius 1 is 0.639 bits per heavy atom. The standard InChI is InChI=1S/C26H43F3N2P2Se3/c1-22(2,3)32(35,23(4,5)6)16-30-19-14-13-18(26(27,28)29)15-20(19)31(21(30)34)17-33(36,24(7,8)9)25(10,11)12/h13-15H,16-17H2,1-12H3. The van der Waals surface area contributed by atoms with Gasteiger partial charge in [-0.05, 0) is 0 Å². The quantitative estimate of drug-likeness (QED) is 0.220. The third-order valence-corrected chi connectivity index (χ3v) is 33.6. The van der Waals surface area contributed by atoms with E-state index in [0.29, 0.717) is 11.8 Å². The molecule has 0 spiro atoms. The Morgan fingerprint density at radius 2 is 0.972 bits per heavy atom. The fraction of sp³-hybridized carbons (Fsp3) is 0.731. The number of hydrogen-bond donors (Lipinski definition) is 0. The third kappa shape index (κ3) is 5.98. The molecule has 2 rings (SSSR count). The molecule has 1 aromatic heterocycles. The molecule has 0 amide bonds. The van der Waals surface area contributed by atoms with Crippen molar-refractivity contribution in [1.82, 2.24) is 9.13 Å². The van der Waals surface area contributed by atoms with Gasteiger partial charge in [0.2, 0.25) is 0 Å². The van der Waals surface area contributed by atoms with Gasteiger partial charge in [-0.1, -0.05) is 0 Å². The number of fused-ring (bicyclic) bond motifs is 1. The van der Waals surface area contributed by atoms with E-state index in [1.54, 1.807) is 6.07 Å². The van der Waals surface area contributed by atoms with Crippen LogP contribution in [0.5, 0.6) is 0 Å². The van der Waals surface area contributed by atoms with Gasteiger partial charge >= 0.3 is 241 Å². The summed E-state index contributed by atoms with van der Waals surface area (Å²) in [5.41, 5.74) is -2.70. The van der Waals surface area contributed by atoms with Crippen molar-refractivity contribution in [2.75, 3.05) is 0 Å². The molecule has 2 nitrogen and oxygen atoms in total. The SMILES string of the molecule is CC(C)(C)P(=[Se])(Cn1c(=[Se])n(CP(=[Se])(C(C)(C)C)C(C)(C)C)c2cc(C(F)(F)F)ccc21)C(C)(C)C. The zero-order chi connectivity index (χ0) is 28.5. The van der Waals surface area contributed by atoms with Gasteiger partial charge in [-0.15, -0.1) is 0 Å². The van der Waals surface area contributed by atoms with Crippen LogP contribution in [-0.2, 0) is 18.7 Å². The zero-order valence-electron chi connectivity index (χ0n) is 23.8. The molecular formula is C26H43F3N2P2Se3. The number of benzene rings is 1. The molecule has 0 atom stereocenters. The molecule has 0 aliphatic carbocycles. The van der Waals surface area contributed by atoms with Crippen LogP contribution in [0.2, 0.25) is 0 Å². The van der Waals surface area contributed by atoms with E-state index in [2.05, 4.69) is 138 Å². The molecular weight excluding hydrogens is 696 g/mol. The summed E-state index contributed by atoms with van der Waals surface area (Å²) < 4.78 is 46.8. The molecule has 0 bridgehead atoms. The first-order valence-electron chi connectivity index (χ1n) is 12.2. The van der Waals surface area contributed by atoms with Crippen LogP contribution in [0.15, 0.2) is 18.2 Å². The average molecular weight is 739 g/mol. The first-order chi connectivity index (χ1) is 15.7. The second kappa shape index (κ2) is 10.1. The van der Waals surface area contributed by atoms with Crippen molar-refractivity contribution >= 4 is 67.8 Å². The summed E-state index contributed by atoms with van der Waals surface area (Å²) in [5.74, 6) is 0. The van der Waals surface area contributed by atoms with Crippen LogP contribution in [0.25, 0.3) is 11.0 Å². The van der Waals surface area contributed by atoms with E-state index in [1.807, 2.05) is 0 Å². The average Bonchev–Trinajstić information content (AvgIpc) is 2.88. The Hall–Kier alpha value is 0.898. The summed E-state index contributed by atoms with van der Waals surface area (Å²) in [5, 5.41) is 0.00793. The van der Waals surface area contributed by atoms with Gasteiger partial charge < -0.3 is 0 Å². The van der Waals surface area contributed by atoms with E-state index in [1.165, 1.54) is 12.1 Å². The molecule has 0 saturated heterocycles. The van der Waals surface area contributed by atoms with Gasteiger partial charge in [0.05, 0.1) is 0 Å². The van der Waals surface area contributed by atoms with E-state index in [-0.39, 0.29) is 20.6 Å². The maximum atomic E-state index is 13.8. The van der Waals surface area contributed by atoms with Gasteiger partial charge in [-0.25, -0.2) is 0 Å². The second-order valence-electron chi connectivity index (χ2n) is 13.8. The molecule has 0 radical (unpaired) electrons. The molecule has 1 aromatic carbocycles. The Bertz CT molecular complexity index is 1260. The van der Waals surface area contributed by atoms with Gasteiger partial charge in [0.25, 0.3) is 0 Å². The summed E-state index contributed by atoms with van der Waals surface area (Å²) in [6.45, 7) is 27.2. The van der Waals surface area contributed by atoms with E-state index in [4.69, 9.17) is 0 Å². The Balaban J connectivity index is 2.99. The number of aromatic nitrogens is 2. The van der Waals surface area contributed by atoms with Gasteiger partial charge in [-0.2, -0.15) is 0 Å². The van der Waals surface area contributed by atoms with Gasteiger partial charge in [0.15, 0.2) is 0 Å². The first kappa shape index (κ1) is 33.1. The predicted molar refractivity (Wildman–Crippen MR) is 158 cm³/mol. The maximum absolute atomic E-state index is 13.8. The molecule has 2 aromatic rings. The summed E-state index contributed by atoms with van der Waals surface area (Å²) in [6.07, 6.45) is -2.98. The summed E-state index contributed by atoms with van der Waals surface area (Å²) in [7, 11) is 0. The van der Waals surface area contributed by atoms with Crippen molar-refractivity contribution in [1.29, 1.82) is 0 Å². The van der Waals surface area contributed by atoms with Crippen molar-refractivity contribution in [3.8, 4) is 0 Å². The molecule has 0 fully saturated rings. The number of imidazole rings is 1. The Labute approximate surface area is 239 Å². The summed E-state index contributed by atoms with van der Waals surface area (Å²) in [4.78, 5) is 0. The molecule has 0 saturated carbocycles. The van der Waals surface area contributed by atoms with Crippen LogP contribution in [0.4, 0.5) is 13.2 Å². The minimum absolute atomic E-state index is 0.0210. The summed E-state index contributed by atoms with van der Waals surface area (Å²) in [6, 6.07) is 4.24. The number of halogens is 3. The monoisotopic (exact) mass is 742 g/mol. The fourth-order valence-electron chi connectivity index (χ4n) is 5.03. The molecule has 1 heterocycles. The Morgan fingerprint density at radius 3 is 1.28 bits per heavy atom. The van der Waals surface area contributed by atoms with Crippen molar-refractivity contribution in [3.63, 3.8) is 0 Å². The minimum atomic E-state index is -4.39. The van der Waals surface area contributed by atoms with Gasteiger partial charge in [0.1, 0.15) is 0 Å². The van der Waals surface area contributed by atoms with Crippen LogP contribution in [0.3, 0.4) is 0 Å². The molecule has 36 heavy (non-hydrogen) atoms. The van der Waals surface area contributed by atoms with Crippen molar-refractivity contribution in [2.24, 2.45) is 0 Å². The van der Waals surface area contributed by atoms with Crippen molar-refractivity contribution < 1.29 is 13.2 Å². The van der Waals surface area contributed by atoms with Crippen LogP contribution >= 0.6 is 11.0 Å². The van der Waals surface area contributed by atoms with Crippen molar-refractivity contribution in [2.45, 2.75) is 122 Å². The molecule has 0 N–H and O–H groups in total. The van der Waals surface area contributed by atoms with Gasteiger partial charge in [0, 0.05) is 0 Å². The van der Waals surface area contributed by atoms with Crippen LogP contribution in [0, 0.1) is 4.32 Å². The number of alkyl halides is 3. The molecule has 0 aliphatic rings. The van der Waals surface area contributed by atoms with Crippen LogP contribution in [0.1, 0.15) is 88.6 Å². The van der Waals surface area contributed by atoms with Crippen LogP contribution < -0.4 is 0 Å². The number of hydrogen-bond acceptors (Lipinski definition) is 0. The second-order valence-corrected chi connectivity index (χ2v) is 31.3. The molecule has 0 unspecified atom stereocenters. The van der Waals surface area contributed by atoms with E-state index in [0.717, 1.165) is 16.1 Å². The Kier molecular flexibility index (Phi) is 9.26.